The largest absolute Gasteiger partial charge is 0.387 e. The van der Waals surface area contributed by atoms with Gasteiger partial charge in [-0.25, -0.2) is 0 Å². The highest BCUT2D eigenvalue weighted by atomic mass is 16.3. The van der Waals surface area contributed by atoms with Crippen molar-refractivity contribution in [2.24, 2.45) is 7.05 Å². The zero-order valence-electron chi connectivity index (χ0n) is 12.6. The maximum atomic E-state index is 10.7. The van der Waals surface area contributed by atoms with Crippen molar-refractivity contribution in [2.75, 3.05) is 6.54 Å². The molecule has 0 bridgehead atoms. The molecule has 1 fully saturated rings. The van der Waals surface area contributed by atoms with E-state index in [9.17, 15) is 5.11 Å². The summed E-state index contributed by atoms with van der Waals surface area (Å²) in [6.07, 6.45) is 6.22. The number of aliphatic hydroxyl groups excluding tert-OH is 1. The second kappa shape index (κ2) is 5.63. The van der Waals surface area contributed by atoms with Crippen LogP contribution < -0.4 is 5.32 Å². The molecule has 0 spiro atoms. The Kier molecular flexibility index (Phi) is 4.31. The third kappa shape index (κ3) is 3.37. The van der Waals surface area contributed by atoms with Gasteiger partial charge in [-0.1, -0.05) is 33.6 Å². The minimum absolute atomic E-state index is 0.0394. The Morgan fingerprint density at radius 2 is 2.11 bits per heavy atom. The van der Waals surface area contributed by atoms with Crippen molar-refractivity contribution < 1.29 is 5.11 Å². The van der Waals surface area contributed by atoms with E-state index >= 15 is 0 Å². The first-order valence-electron chi connectivity index (χ1n) is 7.35. The van der Waals surface area contributed by atoms with Gasteiger partial charge >= 0.3 is 0 Å². The minimum atomic E-state index is -0.457. The molecule has 1 aromatic heterocycles. The predicted octanol–water partition coefficient (Wildman–Crippen LogP) is 2.28. The van der Waals surface area contributed by atoms with Crippen molar-refractivity contribution in [2.45, 2.75) is 64.0 Å². The molecular weight excluding hydrogens is 238 g/mol. The molecule has 2 N–H and O–H groups in total. The lowest BCUT2D eigenvalue weighted by molar-refractivity contribution is 0.124. The van der Waals surface area contributed by atoms with E-state index in [4.69, 9.17) is 0 Å². The number of rotatable bonds is 2. The van der Waals surface area contributed by atoms with Gasteiger partial charge in [0.25, 0.3) is 0 Å². The summed E-state index contributed by atoms with van der Waals surface area (Å²) in [5.41, 5.74) is 1.95. The number of nitrogens with zero attached hydrogens (tertiary/aromatic N) is 2. The number of aliphatic hydroxyl groups is 1. The molecular formula is C15H27N3O. The van der Waals surface area contributed by atoms with Crippen molar-refractivity contribution in [1.82, 2.24) is 15.1 Å². The van der Waals surface area contributed by atoms with Crippen LogP contribution in [-0.2, 0) is 12.5 Å². The fraction of sp³-hybridized carbons (Fsp3) is 0.800. The van der Waals surface area contributed by atoms with Crippen molar-refractivity contribution in [3.63, 3.8) is 0 Å². The summed E-state index contributed by atoms with van der Waals surface area (Å²) in [7, 11) is 1.92. The summed E-state index contributed by atoms with van der Waals surface area (Å²) < 4.78 is 1.82. The third-order valence-corrected chi connectivity index (χ3v) is 3.87. The topological polar surface area (TPSA) is 50.1 Å². The first-order chi connectivity index (χ1) is 8.89. The van der Waals surface area contributed by atoms with Gasteiger partial charge in [-0.3, -0.25) is 4.68 Å². The summed E-state index contributed by atoms with van der Waals surface area (Å²) in [5.74, 6) is 0. The van der Waals surface area contributed by atoms with E-state index in [0.717, 1.165) is 24.2 Å². The lowest BCUT2D eigenvalue weighted by Gasteiger charge is -2.25. The number of aryl methyl sites for hydroxylation is 1. The second-order valence-electron chi connectivity index (χ2n) is 6.71. The molecule has 0 aromatic carbocycles. The average molecular weight is 265 g/mol. The third-order valence-electron chi connectivity index (χ3n) is 3.87. The molecule has 1 aromatic rings. The Morgan fingerprint density at radius 1 is 1.37 bits per heavy atom. The molecule has 2 unspecified atom stereocenters. The fourth-order valence-electron chi connectivity index (χ4n) is 2.85. The van der Waals surface area contributed by atoms with E-state index in [0.29, 0.717) is 0 Å². The monoisotopic (exact) mass is 265 g/mol. The van der Waals surface area contributed by atoms with Gasteiger partial charge < -0.3 is 10.4 Å². The maximum absolute atomic E-state index is 10.7. The normalized spacial score (nSPS) is 23.1. The smallest absolute Gasteiger partial charge is 0.0976 e. The Balaban J connectivity index is 2.24. The van der Waals surface area contributed by atoms with Gasteiger partial charge in [-0.15, -0.1) is 0 Å². The summed E-state index contributed by atoms with van der Waals surface area (Å²) in [4.78, 5) is 0. The van der Waals surface area contributed by atoms with E-state index in [1.807, 2.05) is 17.9 Å². The van der Waals surface area contributed by atoms with Crippen molar-refractivity contribution in [1.29, 1.82) is 0 Å². The molecule has 1 aliphatic heterocycles. The van der Waals surface area contributed by atoms with Gasteiger partial charge in [0.1, 0.15) is 0 Å². The summed E-state index contributed by atoms with van der Waals surface area (Å²) >= 11 is 0. The summed E-state index contributed by atoms with van der Waals surface area (Å²) in [6.45, 7) is 7.44. The highest BCUT2D eigenvalue weighted by Crippen LogP contribution is 2.31. The Morgan fingerprint density at radius 3 is 2.79 bits per heavy atom. The van der Waals surface area contributed by atoms with Crippen LogP contribution in [0.2, 0.25) is 0 Å². The molecule has 0 radical (unpaired) electrons. The molecule has 0 aliphatic carbocycles. The van der Waals surface area contributed by atoms with Gasteiger partial charge in [0.2, 0.25) is 0 Å². The molecule has 2 heterocycles. The molecule has 4 heteroatoms. The molecule has 108 valence electrons. The van der Waals surface area contributed by atoms with Crippen molar-refractivity contribution in [3.8, 4) is 0 Å². The van der Waals surface area contributed by atoms with E-state index in [-0.39, 0.29) is 11.5 Å². The quantitative estimate of drug-likeness (QED) is 0.862. The van der Waals surface area contributed by atoms with Gasteiger partial charge in [0, 0.05) is 30.3 Å². The minimum Gasteiger partial charge on any atom is -0.387 e. The van der Waals surface area contributed by atoms with Crippen LogP contribution in [0.1, 0.15) is 63.8 Å². The molecule has 19 heavy (non-hydrogen) atoms. The van der Waals surface area contributed by atoms with Crippen LogP contribution in [0.4, 0.5) is 0 Å². The molecule has 1 saturated heterocycles. The molecule has 0 saturated carbocycles. The Labute approximate surface area is 116 Å². The zero-order valence-corrected chi connectivity index (χ0v) is 12.6. The molecule has 2 atom stereocenters. The maximum Gasteiger partial charge on any atom is 0.0976 e. The van der Waals surface area contributed by atoms with Crippen LogP contribution in [0.3, 0.4) is 0 Å². The fourth-order valence-corrected chi connectivity index (χ4v) is 2.85. The number of hydrogen-bond acceptors (Lipinski definition) is 3. The van der Waals surface area contributed by atoms with Crippen LogP contribution in [0, 0.1) is 0 Å². The van der Waals surface area contributed by atoms with Crippen LogP contribution in [-0.4, -0.2) is 27.5 Å². The van der Waals surface area contributed by atoms with Crippen LogP contribution in [0.5, 0.6) is 0 Å². The second-order valence-corrected chi connectivity index (χ2v) is 6.71. The van der Waals surface area contributed by atoms with Gasteiger partial charge in [0.05, 0.1) is 11.8 Å². The number of aromatic nitrogens is 2. The van der Waals surface area contributed by atoms with E-state index in [1.165, 1.54) is 19.3 Å². The predicted molar refractivity (Wildman–Crippen MR) is 77.1 cm³/mol. The molecule has 0 amide bonds. The molecule has 2 rings (SSSR count). The van der Waals surface area contributed by atoms with Gasteiger partial charge in [-0.2, -0.15) is 5.10 Å². The summed E-state index contributed by atoms with van der Waals surface area (Å²) in [6, 6.07) is 0.160. The zero-order chi connectivity index (χ0) is 14.0. The van der Waals surface area contributed by atoms with Crippen LogP contribution in [0.15, 0.2) is 6.20 Å². The molecule has 4 nitrogen and oxygen atoms in total. The van der Waals surface area contributed by atoms with Crippen molar-refractivity contribution >= 4 is 0 Å². The highest BCUT2D eigenvalue weighted by Gasteiger charge is 2.30. The van der Waals surface area contributed by atoms with Gasteiger partial charge in [0.15, 0.2) is 0 Å². The van der Waals surface area contributed by atoms with E-state index < -0.39 is 6.10 Å². The number of nitrogens with one attached hydrogen (secondary N) is 1. The standard InChI is InChI=1S/C15H27N3O/c1-15(2,3)14-11(10-18(4)17-14)13(19)12-8-6-5-7-9-16-12/h10,12-13,16,19H,5-9H2,1-4H3. The first-order valence-corrected chi connectivity index (χ1v) is 7.35. The lowest BCUT2D eigenvalue weighted by Crippen LogP contribution is -2.35. The van der Waals surface area contributed by atoms with Gasteiger partial charge in [-0.05, 0) is 19.4 Å². The summed E-state index contributed by atoms with van der Waals surface area (Å²) in [5, 5.41) is 18.7. The van der Waals surface area contributed by atoms with Crippen molar-refractivity contribution in [3.05, 3.63) is 17.5 Å². The van der Waals surface area contributed by atoms with E-state index in [2.05, 4.69) is 31.2 Å². The molecule has 1 aliphatic rings. The average Bonchev–Trinajstić information content (AvgIpc) is 2.57. The highest BCUT2D eigenvalue weighted by molar-refractivity contribution is 5.27. The van der Waals surface area contributed by atoms with E-state index in [1.54, 1.807) is 0 Å². The Bertz CT molecular complexity index is 412. The Hall–Kier alpha value is -0.870. The van der Waals surface area contributed by atoms with Crippen LogP contribution >= 0.6 is 0 Å². The number of hydrogen-bond donors (Lipinski definition) is 2. The first kappa shape index (κ1) is 14.5. The SMILES string of the molecule is Cn1cc(C(O)C2CCCCCN2)c(C(C)(C)C)n1. The lowest BCUT2D eigenvalue weighted by atomic mass is 9.86. The van der Waals surface area contributed by atoms with Crippen LogP contribution in [0.25, 0.3) is 0 Å².